The highest BCUT2D eigenvalue weighted by atomic mass is 16.5. The van der Waals surface area contributed by atoms with Crippen molar-refractivity contribution < 1.29 is 4.74 Å². The highest BCUT2D eigenvalue weighted by Crippen LogP contribution is 2.11. The van der Waals surface area contributed by atoms with Crippen molar-refractivity contribution in [1.29, 1.82) is 0 Å². The van der Waals surface area contributed by atoms with Crippen LogP contribution < -0.4 is 0 Å². The third kappa shape index (κ3) is 2.46. The van der Waals surface area contributed by atoms with Gasteiger partial charge in [0, 0.05) is 6.54 Å². The van der Waals surface area contributed by atoms with Crippen LogP contribution in [-0.2, 0) is 4.74 Å². The zero-order valence-corrected chi connectivity index (χ0v) is 7.84. The minimum absolute atomic E-state index is 0.711. The van der Waals surface area contributed by atoms with E-state index in [-0.39, 0.29) is 0 Å². The number of likely N-dealkylation sites (N-methyl/N-ethyl adjacent to an activating group) is 1. The first-order valence-electron chi connectivity index (χ1n) is 4.55. The molecule has 2 heteroatoms. The van der Waals surface area contributed by atoms with E-state index >= 15 is 0 Å². The molecule has 1 fully saturated rings. The fourth-order valence-electron chi connectivity index (χ4n) is 1.44. The van der Waals surface area contributed by atoms with Gasteiger partial charge in [-0.2, -0.15) is 0 Å². The summed E-state index contributed by atoms with van der Waals surface area (Å²) in [6, 6.07) is 0.711. The van der Waals surface area contributed by atoms with Gasteiger partial charge in [-0.05, 0) is 12.5 Å². The Morgan fingerprint density at radius 2 is 2.09 bits per heavy atom. The standard InChI is InChI=1S/C9H19NO/c1-4-10(5-8(2)3)9-6-11-7-9/h8-9H,4-7H2,1-3H3. The van der Waals surface area contributed by atoms with E-state index in [1.807, 2.05) is 0 Å². The van der Waals surface area contributed by atoms with Crippen LogP contribution in [0.4, 0.5) is 0 Å². The van der Waals surface area contributed by atoms with Crippen LogP contribution in [0.5, 0.6) is 0 Å². The Morgan fingerprint density at radius 1 is 1.45 bits per heavy atom. The number of nitrogens with zero attached hydrogens (tertiary/aromatic N) is 1. The van der Waals surface area contributed by atoms with E-state index in [4.69, 9.17) is 4.74 Å². The van der Waals surface area contributed by atoms with Crippen molar-refractivity contribution in [3.05, 3.63) is 0 Å². The molecule has 0 atom stereocenters. The average molecular weight is 157 g/mol. The van der Waals surface area contributed by atoms with Gasteiger partial charge in [0.25, 0.3) is 0 Å². The van der Waals surface area contributed by atoms with E-state index in [9.17, 15) is 0 Å². The van der Waals surface area contributed by atoms with E-state index in [2.05, 4.69) is 25.7 Å². The minimum atomic E-state index is 0.711. The van der Waals surface area contributed by atoms with Crippen LogP contribution in [0.2, 0.25) is 0 Å². The summed E-state index contributed by atoms with van der Waals surface area (Å²) < 4.78 is 5.16. The maximum Gasteiger partial charge on any atom is 0.0645 e. The summed E-state index contributed by atoms with van der Waals surface area (Å²) in [6.07, 6.45) is 0. The Hall–Kier alpha value is -0.0800. The second kappa shape index (κ2) is 4.07. The van der Waals surface area contributed by atoms with Crippen molar-refractivity contribution in [2.24, 2.45) is 5.92 Å². The molecule has 0 spiro atoms. The molecular formula is C9H19NO. The average Bonchev–Trinajstić information content (AvgIpc) is 1.81. The summed E-state index contributed by atoms with van der Waals surface area (Å²) in [7, 11) is 0. The molecule has 0 unspecified atom stereocenters. The fraction of sp³-hybridized carbons (Fsp3) is 1.00. The number of ether oxygens (including phenoxy) is 1. The van der Waals surface area contributed by atoms with Crippen molar-refractivity contribution in [3.63, 3.8) is 0 Å². The van der Waals surface area contributed by atoms with E-state index in [1.165, 1.54) is 6.54 Å². The third-order valence-electron chi connectivity index (χ3n) is 2.14. The molecule has 66 valence electrons. The molecular weight excluding hydrogens is 138 g/mol. The van der Waals surface area contributed by atoms with Crippen LogP contribution in [0.1, 0.15) is 20.8 Å². The van der Waals surface area contributed by atoms with Crippen molar-refractivity contribution in [1.82, 2.24) is 4.90 Å². The Balaban J connectivity index is 2.23. The second-order valence-corrected chi connectivity index (χ2v) is 3.67. The van der Waals surface area contributed by atoms with Gasteiger partial charge in [0.15, 0.2) is 0 Å². The van der Waals surface area contributed by atoms with E-state index < -0.39 is 0 Å². The summed E-state index contributed by atoms with van der Waals surface area (Å²) in [6.45, 7) is 11.0. The van der Waals surface area contributed by atoms with Gasteiger partial charge in [0.05, 0.1) is 19.3 Å². The van der Waals surface area contributed by atoms with Gasteiger partial charge in [0.1, 0.15) is 0 Å². The van der Waals surface area contributed by atoms with Crippen molar-refractivity contribution in [3.8, 4) is 0 Å². The molecule has 2 nitrogen and oxygen atoms in total. The van der Waals surface area contributed by atoms with Crippen LogP contribution in [0.25, 0.3) is 0 Å². The maximum atomic E-state index is 5.16. The molecule has 11 heavy (non-hydrogen) atoms. The van der Waals surface area contributed by atoms with Gasteiger partial charge in [-0.25, -0.2) is 0 Å². The van der Waals surface area contributed by atoms with Crippen LogP contribution in [-0.4, -0.2) is 37.2 Å². The summed E-state index contributed by atoms with van der Waals surface area (Å²) >= 11 is 0. The molecule has 1 heterocycles. The van der Waals surface area contributed by atoms with Crippen LogP contribution in [0, 0.1) is 5.92 Å². The van der Waals surface area contributed by atoms with Gasteiger partial charge in [0.2, 0.25) is 0 Å². The summed E-state index contributed by atoms with van der Waals surface area (Å²) in [4.78, 5) is 2.51. The van der Waals surface area contributed by atoms with Crippen LogP contribution in [0.15, 0.2) is 0 Å². The molecule has 0 saturated carbocycles. The Morgan fingerprint density at radius 3 is 2.36 bits per heavy atom. The molecule has 0 N–H and O–H groups in total. The zero-order valence-electron chi connectivity index (χ0n) is 7.84. The Labute approximate surface area is 69.5 Å². The fourth-order valence-corrected chi connectivity index (χ4v) is 1.44. The van der Waals surface area contributed by atoms with Gasteiger partial charge in [-0.15, -0.1) is 0 Å². The van der Waals surface area contributed by atoms with Crippen LogP contribution >= 0.6 is 0 Å². The predicted octanol–water partition coefficient (Wildman–Crippen LogP) is 1.36. The van der Waals surface area contributed by atoms with E-state index in [0.717, 1.165) is 25.7 Å². The molecule has 1 aliphatic rings. The minimum Gasteiger partial charge on any atom is -0.378 e. The lowest BCUT2D eigenvalue weighted by molar-refractivity contribution is -0.0661. The van der Waals surface area contributed by atoms with E-state index in [0.29, 0.717) is 6.04 Å². The van der Waals surface area contributed by atoms with Crippen molar-refractivity contribution >= 4 is 0 Å². The maximum absolute atomic E-state index is 5.16. The number of hydrogen-bond donors (Lipinski definition) is 0. The molecule has 0 aromatic heterocycles. The first-order chi connectivity index (χ1) is 5.24. The topological polar surface area (TPSA) is 12.5 Å². The Bertz CT molecular complexity index is 110. The number of rotatable bonds is 4. The molecule has 1 aliphatic heterocycles. The smallest absolute Gasteiger partial charge is 0.0645 e. The highest BCUT2D eigenvalue weighted by Gasteiger charge is 2.24. The zero-order chi connectivity index (χ0) is 8.27. The van der Waals surface area contributed by atoms with Crippen molar-refractivity contribution in [2.45, 2.75) is 26.8 Å². The molecule has 0 aliphatic carbocycles. The first kappa shape index (κ1) is 9.01. The second-order valence-electron chi connectivity index (χ2n) is 3.67. The van der Waals surface area contributed by atoms with Crippen molar-refractivity contribution in [2.75, 3.05) is 26.3 Å². The first-order valence-corrected chi connectivity index (χ1v) is 4.55. The molecule has 0 aromatic carbocycles. The largest absolute Gasteiger partial charge is 0.378 e. The lowest BCUT2D eigenvalue weighted by atomic mass is 10.1. The van der Waals surface area contributed by atoms with Gasteiger partial charge >= 0.3 is 0 Å². The van der Waals surface area contributed by atoms with Gasteiger partial charge < -0.3 is 4.74 Å². The molecule has 1 rings (SSSR count). The highest BCUT2D eigenvalue weighted by molar-refractivity contribution is 4.76. The van der Waals surface area contributed by atoms with E-state index in [1.54, 1.807) is 0 Å². The predicted molar refractivity (Wildman–Crippen MR) is 46.7 cm³/mol. The SMILES string of the molecule is CCN(CC(C)C)C1COC1. The normalized spacial score (nSPS) is 19.4. The van der Waals surface area contributed by atoms with Gasteiger partial charge in [-0.3, -0.25) is 4.90 Å². The Kier molecular flexibility index (Phi) is 3.34. The summed E-state index contributed by atoms with van der Waals surface area (Å²) in [5.41, 5.74) is 0. The molecule has 0 bridgehead atoms. The number of hydrogen-bond acceptors (Lipinski definition) is 2. The third-order valence-corrected chi connectivity index (χ3v) is 2.14. The molecule has 0 amide bonds. The molecule has 0 radical (unpaired) electrons. The quantitative estimate of drug-likeness (QED) is 0.611. The summed E-state index contributed by atoms with van der Waals surface area (Å²) in [5, 5.41) is 0. The van der Waals surface area contributed by atoms with Gasteiger partial charge in [-0.1, -0.05) is 20.8 Å². The molecule has 0 aromatic rings. The summed E-state index contributed by atoms with van der Waals surface area (Å²) in [5.74, 6) is 0.774. The molecule has 1 saturated heterocycles. The monoisotopic (exact) mass is 157 g/mol. The lowest BCUT2D eigenvalue weighted by Gasteiger charge is -2.37. The van der Waals surface area contributed by atoms with Crippen LogP contribution in [0.3, 0.4) is 0 Å². The lowest BCUT2D eigenvalue weighted by Crippen LogP contribution is -2.50.